The zero-order valence-electron chi connectivity index (χ0n) is 25.3. The fourth-order valence-corrected chi connectivity index (χ4v) is 5.68. The van der Waals surface area contributed by atoms with Crippen molar-refractivity contribution in [1.29, 1.82) is 0 Å². The molecule has 0 aliphatic carbocycles. The highest BCUT2D eigenvalue weighted by atomic mass is 19.4. The lowest BCUT2D eigenvalue weighted by Gasteiger charge is -2.38. The summed E-state index contributed by atoms with van der Waals surface area (Å²) in [5.41, 5.74) is 0.559. The van der Waals surface area contributed by atoms with Crippen LogP contribution in [0.15, 0.2) is 48.7 Å². The molecule has 8 nitrogen and oxygen atoms in total. The number of aromatic nitrogens is 1. The molecule has 3 heterocycles. The Kier molecular flexibility index (Phi) is 9.15. The predicted molar refractivity (Wildman–Crippen MR) is 161 cm³/mol. The van der Waals surface area contributed by atoms with E-state index in [0.29, 0.717) is 49.1 Å². The van der Waals surface area contributed by atoms with Gasteiger partial charge in [-0.3, -0.25) is 9.69 Å². The summed E-state index contributed by atoms with van der Waals surface area (Å²) in [4.78, 5) is 23.7. The van der Waals surface area contributed by atoms with Gasteiger partial charge in [0.25, 0.3) is 5.91 Å². The topological polar surface area (TPSA) is 70.2 Å². The van der Waals surface area contributed by atoms with Crippen molar-refractivity contribution in [1.82, 2.24) is 14.8 Å². The molecule has 2 fully saturated rings. The molecule has 2 aromatic carbocycles. The van der Waals surface area contributed by atoms with Gasteiger partial charge in [-0.15, -0.1) is 0 Å². The lowest BCUT2D eigenvalue weighted by atomic mass is 9.99. The lowest BCUT2D eigenvalue weighted by molar-refractivity contribution is -0.138. The fourth-order valence-electron chi connectivity index (χ4n) is 5.68. The van der Waals surface area contributed by atoms with Gasteiger partial charge in [0.1, 0.15) is 5.82 Å². The van der Waals surface area contributed by atoms with Crippen LogP contribution in [0.25, 0.3) is 11.1 Å². The van der Waals surface area contributed by atoms with Crippen LogP contribution in [-0.2, 0) is 17.5 Å². The number of methoxy groups -OCH3 is 1. The van der Waals surface area contributed by atoms with Crippen LogP contribution in [-0.4, -0.2) is 86.3 Å². The van der Waals surface area contributed by atoms with Gasteiger partial charge in [-0.25, -0.2) is 9.37 Å². The standard InChI is InChI=1S/C32H37F4N5O3/c1-31(2)20-40(13-14-44-31)19-21-5-7-26(33)23(15-21)22-6-8-28(41-11-9-39(3)10-12-41)27(16-22)38-30(42)24-18-37-29(43-4)17-25(24)32(34,35)36/h5-8,15-18H,9-14,19-20H2,1-4H3,(H,38,42). The highest BCUT2D eigenvalue weighted by molar-refractivity contribution is 6.07. The molecule has 0 bridgehead atoms. The van der Waals surface area contributed by atoms with Gasteiger partial charge in [-0.2, -0.15) is 13.2 Å². The molecule has 2 saturated heterocycles. The van der Waals surface area contributed by atoms with E-state index in [1.54, 1.807) is 30.3 Å². The van der Waals surface area contributed by atoms with Crippen molar-refractivity contribution >= 4 is 17.3 Å². The van der Waals surface area contributed by atoms with Gasteiger partial charge < -0.3 is 24.6 Å². The average Bonchev–Trinajstić information content (AvgIpc) is 2.97. The number of hydrogen-bond acceptors (Lipinski definition) is 7. The second-order valence-electron chi connectivity index (χ2n) is 11.9. The lowest BCUT2D eigenvalue weighted by Crippen LogP contribution is -2.47. The molecule has 5 rings (SSSR count). The van der Waals surface area contributed by atoms with Crippen LogP contribution in [0.1, 0.15) is 35.3 Å². The summed E-state index contributed by atoms with van der Waals surface area (Å²) in [7, 11) is 3.21. The number of alkyl halides is 3. The normalized spacial score (nSPS) is 17.9. The van der Waals surface area contributed by atoms with Crippen LogP contribution in [0, 0.1) is 5.82 Å². The summed E-state index contributed by atoms with van der Waals surface area (Å²) in [5.74, 6) is -1.69. The zero-order chi connectivity index (χ0) is 31.6. The molecule has 0 spiro atoms. The van der Waals surface area contributed by atoms with E-state index >= 15 is 4.39 Å². The van der Waals surface area contributed by atoms with Crippen molar-refractivity contribution < 1.29 is 31.8 Å². The minimum Gasteiger partial charge on any atom is -0.481 e. The van der Waals surface area contributed by atoms with Gasteiger partial charge >= 0.3 is 6.18 Å². The van der Waals surface area contributed by atoms with Gasteiger partial charge in [-0.1, -0.05) is 12.1 Å². The van der Waals surface area contributed by atoms with E-state index in [4.69, 9.17) is 9.47 Å². The number of pyridine rings is 1. The number of nitrogens with zero attached hydrogens (tertiary/aromatic N) is 4. The molecule has 1 N–H and O–H groups in total. The van der Waals surface area contributed by atoms with Crippen LogP contribution in [0.2, 0.25) is 0 Å². The van der Waals surface area contributed by atoms with Gasteiger partial charge in [0.15, 0.2) is 0 Å². The van der Waals surface area contributed by atoms with E-state index < -0.39 is 29.0 Å². The number of rotatable bonds is 7. The first-order valence-corrected chi connectivity index (χ1v) is 14.5. The third-order valence-electron chi connectivity index (χ3n) is 7.98. The Morgan fingerprint density at radius 3 is 2.50 bits per heavy atom. The molecule has 3 aromatic rings. The summed E-state index contributed by atoms with van der Waals surface area (Å²) < 4.78 is 67.7. The van der Waals surface area contributed by atoms with Gasteiger partial charge in [0, 0.05) is 63.6 Å². The summed E-state index contributed by atoms with van der Waals surface area (Å²) in [5, 5.41) is 2.68. The number of nitrogens with one attached hydrogen (secondary N) is 1. The van der Waals surface area contributed by atoms with Crippen LogP contribution in [0.4, 0.5) is 28.9 Å². The first-order valence-electron chi connectivity index (χ1n) is 14.5. The number of piperazine rings is 1. The quantitative estimate of drug-likeness (QED) is 0.351. The summed E-state index contributed by atoms with van der Waals surface area (Å²) in [6, 6.07) is 10.8. The average molecular weight is 616 g/mol. The maximum absolute atomic E-state index is 15.3. The SMILES string of the molecule is COc1cc(C(F)(F)F)c(C(=O)Nc2cc(-c3cc(CN4CCOC(C)(C)C4)ccc3F)ccc2N2CCN(C)CC2)cn1. The Morgan fingerprint density at radius 2 is 1.82 bits per heavy atom. The minimum atomic E-state index is -4.82. The molecule has 0 unspecified atom stereocenters. The number of benzene rings is 2. The number of carbonyl (C=O) groups is 1. The highest BCUT2D eigenvalue weighted by Gasteiger charge is 2.36. The predicted octanol–water partition coefficient (Wildman–Crippen LogP) is 5.53. The Bertz CT molecular complexity index is 1510. The van der Waals surface area contributed by atoms with Crippen molar-refractivity contribution in [3.8, 4) is 17.0 Å². The number of hydrogen-bond donors (Lipinski definition) is 1. The van der Waals surface area contributed by atoms with Crippen molar-refractivity contribution in [2.24, 2.45) is 0 Å². The van der Waals surface area contributed by atoms with E-state index in [-0.39, 0.29) is 17.2 Å². The molecule has 0 radical (unpaired) electrons. The van der Waals surface area contributed by atoms with E-state index in [0.717, 1.165) is 37.9 Å². The van der Waals surface area contributed by atoms with Gasteiger partial charge in [-0.05, 0) is 56.3 Å². The van der Waals surface area contributed by atoms with Crippen LogP contribution in [0.5, 0.6) is 5.88 Å². The molecular formula is C32H37F4N5O3. The molecule has 236 valence electrons. The fraction of sp³-hybridized carbons (Fsp3) is 0.438. The molecule has 1 aromatic heterocycles. The maximum atomic E-state index is 15.3. The smallest absolute Gasteiger partial charge is 0.417 e. The summed E-state index contributed by atoms with van der Waals surface area (Å²) in [6.07, 6.45) is -3.96. The van der Waals surface area contributed by atoms with E-state index in [1.807, 2.05) is 20.9 Å². The first-order chi connectivity index (χ1) is 20.8. The van der Waals surface area contributed by atoms with Crippen LogP contribution < -0.4 is 15.0 Å². The van der Waals surface area contributed by atoms with Crippen molar-refractivity contribution in [3.63, 3.8) is 0 Å². The van der Waals surface area contributed by atoms with Gasteiger partial charge in [0.2, 0.25) is 5.88 Å². The highest BCUT2D eigenvalue weighted by Crippen LogP contribution is 2.37. The number of likely N-dealkylation sites (N-methyl/N-ethyl adjacent to an activating group) is 1. The summed E-state index contributed by atoms with van der Waals surface area (Å²) >= 11 is 0. The Morgan fingerprint density at radius 1 is 1.07 bits per heavy atom. The van der Waals surface area contributed by atoms with Gasteiger partial charge in [0.05, 0.1) is 41.8 Å². The number of carbonyl (C=O) groups excluding carboxylic acids is 1. The molecule has 2 aliphatic rings. The molecule has 2 aliphatic heterocycles. The third-order valence-corrected chi connectivity index (χ3v) is 7.98. The second kappa shape index (κ2) is 12.7. The monoisotopic (exact) mass is 615 g/mol. The van der Waals surface area contributed by atoms with E-state index in [2.05, 4.69) is 25.0 Å². The largest absolute Gasteiger partial charge is 0.481 e. The number of morpholine rings is 1. The third kappa shape index (κ3) is 7.31. The Labute approximate surface area is 254 Å². The molecular weight excluding hydrogens is 578 g/mol. The van der Waals surface area contributed by atoms with E-state index in [1.165, 1.54) is 13.2 Å². The molecule has 0 saturated carbocycles. The van der Waals surface area contributed by atoms with Crippen LogP contribution >= 0.6 is 0 Å². The molecule has 12 heteroatoms. The molecule has 44 heavy (non-hydrogen) atoms. The molecule has 0 atom stereocenters. The molecule has 1 amide bonds. The zero-order valence-corrected chi connectivity index (χ0v) is 25.3. The van der Waals surface area contributed by atoms with Crippen LogP contribution in [0.3, 0.4) is 0 Å². The van der Waals surface area contributed by atoms with Crippen molar-refractivity contribution in [3.05, 3.63) is 71.2 Å². The Hall–Kier alpha value is -3.74. The summed E-state index contributed by atoms with van der Waals surface area (Å²) in [6.45, 7) is 9.61. The Balaban J connectivity index is 1.50. The van der Waals surface area contributed by atoms with E-state index in [9.17, 15) is 18.0 Å². The van der Waals surface area contributed by atoms with Crippen molar-refractivity contribution in [2.45, 2.75) is 32.2 Å². The number of amides is 1. The van der Waals surface area contributed by atoms with Crippen molar-refractivity contribution in [2.75, 3.05) is 70.2 Å². The number of ether oxygens (including phenoxy) is 2. The number of halogens is 4. The minimum absolute atomic E-state index is 0.259. The first kappa shape index (κ1) is 31.7. The maximum Gasteiger partial charge on any atom is 0.417 e. The second-order valence-corrected chi connectivity index (χ2v) is 11.9. The number of anilines is 2.